The first-order chi connectivity index (χ1) is 9.67. The van der Waals surface area contributed by atoms with Crippen LogP contribution < -0.4 is 10.6 Å². The quantitative estimate of drug-likeness (QED) is 0.764. The second-order valence-electron chi connectivity index (χ2n) is 4.88. The van der Waals surface area contributed by atoms with Gasteiger partial charge in [0.1, 0.15) is 0 Å². The van der Waals surface area contributed by atoms with Crippen molar-refractivity contribution in [3.05, 3.63) is 30.2 Å². The van der Waals surface area contributed by atoms with Crippen molar-refractivity contribution in [2.75, 3.05) is 18.1 Å². The fourth-order valence-corrected chi connectivity index (χ4v) is 2.05. The number of benzene rings is 1. The monoisotopic (exact) mass is 292 g/mol. The third-order valence-corrected chi connectivity index (χ3v) is 3.38. The minimum atomic E-state index is 0.420. The topological polar surface area (TPSA) is 63.0 Å². The summed E-state index contributed by atoms with van der Waals surface area (Å²) < 4.78 is 5.52. The van der Waals surface area contributed by atoms with Crippen molar-refractivity contribution in [1.29, 1.82) is 0 Å². The van der Waals surface area contributed by atoms with E-state index < -0.39 is 0 Å². The second kappa shape index (κ2) is 7.31. The van der Waals surface area contributed by atoms with E-state index in [1.165, 1.54) is 4.90 Å². The molecule has 0 saturated heterocycles. The van der Waals surface area contributed by atoms with Crippen molar-refractivity contribution < 1.29 is 4.42 Å². The predicted octanol–water partition coefficient (Wildman–Crippen LogP) is 3.28. The Hall–Kier alpha value is -1.53. The first-order valence-electron chi connectivity index (χ1n) is 6.61. The van der Waals surface area contributed by atoms with E-state index in [1.54, 1.807) is 11.8 Å². The molecule has 0 aliphatic carbocycles. The van der Waals surface area contributed by atoms with Gasteiger partial charge in [0.2, 0.25) is 5.89 Å². The van der Waals surface area contributed by atoms with Crippen LogP contribution in [0.25, 0.3) is 0 Å². The molecule has 0 amide bonds. The fraction of sp³-hybridized carbons (Fsp3) is 0.429. The van der Waals surface area contributed by atoms with E-state index in [9.17, 15) is 0 Å². The Balaban J connectivity index is 1.88. The highest BCUT2D eigenvalue weighted by molar-refractivity contribution is 7.98. The molecule has 2 rings (SSSR count). The molecule has 0 aliphatic rings. The van der Waals surface area contributed by atoms with Gasteiger partial charge in [-0.25, -0.2) is 0 Å². The minimum absolute atomic E-state index is 0.420. The van der Waals surface area contributed by atoms with E-state index in [-0.39, 0.29) is 0 Å². The molecule has 0 atom stereocenters. The standard InChI is InChI=1S/C14H20N4OS/c1-10(2)8-15-9-13-17-18-14(19-13)16-11-4-6-12(20-3)7-5-11/h4-7,10,15H,8-9H2,1-3H3,(H,16,18). The molecule has 5 nitrogen and oxygen atoms in total. The van der Waals surface area contributed by atoms with Crippen LogP contribution in [-0.4, -0.2) is 23.0 Å². The molecule has 0 bridgehead atoms. The van der Waals surface area contributed by atoms with Crippen molar-refractivity contribution in [1.82, 2.24) is 15.5 Å². The van der Waals surface area contributed by atoms with Gasteiger partial charge in [0.05, 0.1) is 6.54 Å². The summed E-state index contributed by atoms with van der Waals surface area (Å²) >= 11 is 1.71. The fourth-order valence-electron chi connectivity index (χ4n) is 1.64. The van der Waals surface area contributed by atoms with Gasteiger partial charge < -0.3 is 15.1 Å². The number of nitrogens with one attached hydrogen (secondary N) is 2. The Morgan fingerprint density at radius 1 is 1.20 bits per heavy atom. The van der Waals surface area contributed by atoms with Crippen molar-refractivity contribution in [2.24, 2.45) is 5.92 Å². The van der Waals surface area contributed by atoms with Crippen LogP contribution in [0.4, 0.5) is 11.7 Å². The minimum Gasteiger partial charge on any atom is -0.406 e. The largest absolute Gasteiger partial charge is 0.406 e. The molecule has 0 unspecified atom stereocenters. The highest BCUT2D eigenvalue weighted by Crippen LogP contribution is 2.20. The van der Waals surface area contributed by atoms with Gasteiger partial charge in [0, 0.05) is 10.6 Å². The Morgan fingerprint density at radius 3 is 2.60 bits per heavy atom. The van der Waals surface area contributed by atoms with E-state index >= 15 is 0 Å². The molecule has 1 aromatic carbocycles. The maximum atomic E-state index is 5.52. The molecule has 6 heteroatoms. The maximum absolute atomic E-state index is 5.52. The molecule has 2 N–H and O–H groups in total. The van der Waals surface area contributed by atoms with E-state index in [4.69, 9.17) is 4.42 Å². The van der Waals surface area contributed by atoms with Crippen LogP contribution in [0.1, 0.15) is 19.7 Å². The Labute approximate surface area is 123 Å². The molecule has 20 heavy (non-hydrogen) atoms. The first kappa shape index (κ1) is 14.9. The first-order valence-corrected chi connectivity index (χ1v) is 7.84. The molecule has 0 saturated carbocycles. The number of anilines is 2. The summed E-state index contributed by atoms with van der Waals surface area (Å²) in [6.45, 7) is 5.84. The number of rotatable bonds is 7. The highest BCUT2D eigenvalue weighted by Gasteiger charge is 2.06. The molecular weight excluding hydrogens is 272 g/mol. The van der Waals surface area contributed by atoms with E-state index in [2.05, 4.69) is 53.1 Å². The lowest BCUT2D eigenvalue weighted by Gasteiger charge is -2.04. The number of nitrogens with zero attached hydrogens (tertiary/aromatic N) is 2. The van der Waals surface area contributed by atoms with Gasteiger partial charge in [0.15, 0.2) is 0 Å². The van der Waals surface area contributed by atoms with Gasteiger partial charge in [-0.3, -0.25) is 0 Å². The van der Waals surface area contributed by atoms with Crippen LogP contribution in [0.5, 0.6) is 0 Å². The van der Waals surface area contributed by atoms with Crippen LogP contribution in [0.3, 0.4) is 0 Å². The average Bonchev–Trinajstić information content (AvgIpc) is 2.87. The predicted molar refractivity (Wildman–Crippen MR) is 82.3 cm³/mol. The Morgan fingerprint density at radius 2 is 1.95 bits per heavy atom. The zero-order chi connectivity index (χ0) is 14.4. The van der Waals surface area contributed by atoms with Crippen LogP contribution in [0.15, 0.2) is 33.6 Å². The zero-order valence-electron chi connectivity index (χ0n) is 12.0. The summed E-state index contributed by atoms with van der Waals surface area (Å²) in [6, 6.07) is 8.51. The molecule has 2 aromatic rings. The van der Waals surface area contributed by atoms with Gasteiger partial charge >= 0.3 is 6.01 Å². The SMILES string of the molecule is CSc1ccc(Nc2nnc(CNCC(C)C)o2)cc1. The number of aromatic nitrogens is 2. The van der Waals surface area contributed by atoms with E-state index in [0.29, 0.717) is 24.4 Å². The van der Waals surface area contributed by atoms with Crippen molar-refractivity contribution in [3.8, 4) is 0 Å². The van der Waals surface area contributed by atoms with Crippen LogP contribution in [0, 0.1) is 5.92 Å². The molecule has 0 radical (unpaired) electrons. The molecule has 1 heterocycles. The van der Waals surface area contributed by atoms with E-state index in [0.717, 1.165) is 12.2 Å². The lowest BCUT2D eigenvalue weighted by Crippen LogP contribution is -2.19. The van der Waals surface area contributed by atoms with Gasteiger partial charge in [0.25, 0.3) is 0 Å². The number of thioether (sulfide) groups is 1. The zero-order valence-corrected chi connectivity index (χ0v) is 12.8. The normalized spacial score (nSPS) is 11.0. The van der Waals surface area contributed by atoms with Crippen molar-refractivity contribution in [2.45, 2.75) is 25.3 Å². The summed E-state index contributed by atoms with van der Waals surface area (Å²) in [4.78, 5) is 1.22. The van der Waals surface area contributed by atoms with Crippen molar-refractivity contribution >= 4 is 23.5 Å². The maximum Gasteiger partial charge on any atom is 0.320 e. The summed E-state index contributed by atoms with van der Waals surface area (Å²) in [6.07, 6.45) is 2.05. The summed E-state index contributed by atoms with van der Waals surface area (Å²) in [5.74, 6) is 1.19. The van der Waals surface area contributed by atoms with Gasteiger partial charge in [-0.1, -0.05) is 18.9 Å². The lowest BCUT2D eigenvalue weighted by atomic mass is 10.2. The smallest absolute Gasteiger partial charge is 0.320 e. The van der Waals surface area contributed by atoms with Crippen LogP contribution >= 0.6 is 11.8 Å². The van der Waals surface area contributed by atoms with Crippen molar-refractivity contribution in [3.63, 3.8) is 0 Å². The van der Waals surface area contributed by atoms with Gasteiger partial charge in [-0.15, -0.1) is 16.9 Å². The summed E-state index contributed by atoms with van der Waals surface area (Å²) in [5.41, 5.74) is 0.938. The molecule has 0 fully saturated rings. The van der Waals surface area contributed by atoms with Gasteiger partial charge in [-0.05, 0) is 43.0 Å². The second-order valence-corrected chi connectivity index (χ2v) is 5.76. The summed E-state index contributed by atoms with van der Waals surface area (Å²) in [7, 11) is 0. The highest BCUT2D eigenvalue weighted by atomic mass is 32.2. The lowest BCUT2D eigenvalue weighted by molar-refractivity contribution is 0.460. The van der Waals surface area contributed by atoms with E-state index in [1.807, 2.05) is 12.1 Å². The third-order valence-electron chi connectivity index (χ3n) is 2.64. The molecule has 0 aliphatic heterocycles. The molecule has 0 spiro atoms. The van der Waals surface area contributed by atoms with Crippen LogP contribution in [-0.2, 0) is 6.54 Å². The molecule has 108 valence electrons. The Kier molecular flexibility index (Phi) is 5.43. The Bertz CT molecular complexity index is 524. The van der Waals surface area contributed by atoms with Crippen LogP contribution in [0.2, 0.25) is 0 Å². The summed E-state index contributed by atoms with van der Waals surface area (Å²) in [5, 5.41) is 14.3. The van der Waals surface area contributed by atoms with Gasteiger partial charge in [-0.2, -0.15) is 0 Å². The number of hydrogen-bond donors (Lipinski definition) is 2. The average molecular weight is 292 g/mol. The molecule has 1 aromatic heterocycles. The molecular formula is C14H20N4OS. The third kappa shape index (κ3) is 4.54. The number of hydrogen-bond acceptors (Lipinski definition) is 6.